The highest BCUT2D eigenvalue weighted by molar-refractivity contribution is 14.0. The first-order valence-corrected chi connectivity index (χ1v) is 7.64. The van der Waals surface area contributed by atoms with Crippen molar-refractivity contribution < 1.29 is 0 Å². The van der Waals surface area contributed by atoms with Gasteiger partial charge in [-0.1, -0.05) is 13.8 Å². The van der Waals surface area contributed by atoms with Gasteiger partial charge in [-0.3, -0.25) is 4.99 Å². The van der Waals surface area contributed by atoms with Crippen LogP contribution in [-0.4, -0.2) is 62.6 Å². The molecule has 2 aliphatic rings. The Bertz CT molecular complexity index is 322. The van der Waals surface area contributed by atoms with Crippen LogP contribution in [0.2, 0.25) is 0 Å². The van der Waals surface area contributed by atoms with Gasteiger partial charge in [-0.25, -0.2) is 0 Å². The van der Waals surface area contributed by atoms with E-state index >= 15 is 0 Å². The molecule has 0 spiro atoms. The Balaban J connectivity index is 0.00000200. The van der Waals surface area contributed by atoms with Crippen LogP contribution >= 0.6 is 24.0 Å². The minimum atomic E-state index is 0. The van der Waals surface area contributed by atoms with Crippen molar-refractivity contribution in [2.24, 2.45) is 16.3 Å². The second-order valence-corrected chi connectivity index (χ2v) is 7.01. The highest BCUT2D eigenvalue weighted by Gasteiger charge is 2.31. The molecule has 0 aromatic carbocycles. The number of nitrogens with one attached hydrogen (secondary N) is 1. The fraction of sp³-hybridized carbons (Fsp3) is 0.933. The van der Waals surface area contributed by atoms with Crippen LogP contribution < -0.4 is 5.32 Å². The van der Waals surface area contributed by atoms with Gasteiger partial charge in [0.05, 0.1) is 0 Å². The van der Waals surface area contributed by atoms with Crippen molar-refractivity contribution in [2.75, 3.05) is 46.8 Å². The predicted octanol–water partition coefficient (Wildman–Crippen LogP) is 2.25. The van der Waals surface area contributed by atoms with Crippen LogP contribution in [0.3, 0.4) is 0 Å². The third-order valence-corrected chi connectivity index (χ3v) is 4.58. The van der Waals surface area contributed by atoms with Crippen LogP contribution in [0.15, 0.2) is 4.99 Å². The fourth-order valence-corrected chi connectivity index (χ4v) is 3.13. The van der Waals surface area contributed by atoms with Crippen LogP contribution in [0.5, 0.6) is 0 Å². The van der Waals surface area contributed by atoms with Crippen molar-refractivity contribution in [2.45, 2.75) is 33.1 Å². The topological polar surface area (TPSA) is 30.9 Å². The van der Waals surface area contributed by atoms with Gasteiger partial charge in [-0.15, -0.1) is 24.0 Å². The summed E-state index contributed by atoms with van der Waals surface area (Å²) in [5, 5.41) is 3.59. The van der Waals surface area contributed by atoms with Crippen LogP contribution in [-0.2, 0) is 0 Å². The van der Waals surface area contributed by atoms with Crippen molar-refractivity contribution in [1.82, 2.24) is 15.1 Å². The second kappa shape index (κ2) is 7.82. The molecule has 2 fully saturated rings. The van der Waals surface area contributed by atoms with E-state index in [0.29, 0.717) is 5.41 Å². The Morgan fingerprint density at radius 1 is 1.25 bits per heavy atom. The number of halogens is 1. The van der Waals surface area contributed by atoms with Crippen LogP contribution in [0.4, 0.5) is 0 Å². The summed E-state index contributed by atoms with van der Waals surface area (Å²) in [5.41, 5.74) is 0.436. The van der Waals surface area contributed by atoms with E-state index in [0.717, 1.165) is 31.5 Å². The lowest BCUT2D eigenvalue weighted by Gasteiger charge is -2.30. The van der Waals surface area contributed by atoms with Gasteiger partial charge in [0.2, 0.25) is 0 Å². The number of nitrogens with zero attached hydrogens (tertiary/aromatic N) is 3. The number of rotatable bonds is 2. The molecule has 0 aromatic rings. The maximum absolute atomic E-state index is 4.46. The third-order valence-electron chi connectivity index (χ3n) is 4.58. The van der Waals surface area contributed by atoms with Crippen LogP contribution in [0.25, 0.3) is 0 Å². The van der Waals surface area contributed by atoms with Crippen molar-refractivity contribution in [3.63, 3.8) is 0 Å². The van der Waals surface area contributed by atoms with Gasteiger partial charge < -0.3 is 15.1 Å². The highest BCUT2D eigenvalue weighted by Crippen LogP contribution is 2.28. The molecule has 2 rings (SSSR count). The van der Waals surface area contributed by atoms with Gasteiger partial charge in [-0.05, 0) is 50.7 Å². The molecule has 0 bridgehead atoms. The van der Waals surface area contributed by atoms with E-state index in [1.807, 2.05) is 7.05 Å². The molecule has 0 aromatic heterocycles. The molecule has 4 nitrogen and oxygen atoms in total. The Hall–Kier alpha value is -0.0400. The zero-order valence-corrected chi connectivity index (χ0v) is 15.8. The zero-order valence-electron chi connectivity index (χ0n) is 13.5. The molecule has 1 N–H and O–H groups in total. The Kier molecular flexibility index (Phi) is 7.04. The Labute approximate surface area is 141 Å². The zero-order chi connectivity index (χ0) is 13.9. The van der Waals surface area contributed by atoms with Gasteiger partial charge in [0.15, 0.2) is 5.96 Å². The summed E-state index contributed by atoms with van der Waals surface area (Å²) in [7, 11) is 4.12. The van der Waals surface area contributed by atoms with E-state index in [4.69, 9.17) is 0 Å². The predicted molar refractivity (Wildman–Crippen MR) is 97.0 cm³/mol. The van der Waals surface area contributed by atoms with E-state index in [9.17, 15) is 0 Å². The second-order valence-electron chi connectivity index (χ2n) is 7.01. The third kappa shape index (κ3) is 5.06. The van der Waals surface area contributed by atoms with E-state index in [1.54, 1.807) is 0 Å². The molecule has 2 heterocycles. The lowest BCUT2D eigenvalue weighted by atomic mass is 9.93. The lowest BCUT2D eigenvalue weighted by Crippen LogP contribution is -2.44. The first kappa shape index (κ1) is 18.0. The number of hydrogen-bond acceptors (Lipinski definition) is 2. The van der Waals surface area contributed by atoms with Gasteiger partial charge in [-0.2, -0.15) is 0 Å². The average Bonchev–Trinajstić information content (AvgIpc) is 2.73. The smallest absolute Gasteiger partial charge is 0.193 e. The normalized spacial score (nSPS) is 24.6. The van der Waals surface area contributed by atoms with Crippen molar-refractivity contribution in [3.05, 3.63) is 0 Å². The largest absolute Gasteiger partial charge is 0.356 e. The first-order valence-electron chi connectivity index (χ1n) is 7.64. The summed E-state index contributed by atoms with van der Waals surface area (Å²) in [6.07, 6.45) is 3.89. The molecule has 2 saturated heterocycles. The standard InChI is InChI=1S/C15H30N4.HI/c1-15(2)7-10-19(12-15)14(16-3)17-11-13-5-8-18(4)9-6-13;/h13H,5-12H2,1-4H3,(H,16,17);1H. The van der Waals surface area contributed by atoms with Crippen molar-refractivity contribution >= 4 is 29.9 Å². The van der Waals surface area contributed by atoms with Gasteiger partial charge in [0.25, 0.3) is 0 Å². The summed E-state index contributed by atoms with van der Waals surface area (Å²) in [5.74, 6) is 1.91. The molecule has 0 radical (unpaired) electrons. The van der Waals surface area contributed by atoms with Gasteiger partial charge >= 0.3 is 0 Å². The van der Waals surface area contributed by atoms with Crippen LogP contribution in [0, 0.1) is 11.3 Å². The molecule has 0 saturated carbocycles. The number of likely N-dealkylation sites (tertiary alicyclic amines) is 2. The summed E-state index contributed by atoms with van der Waals surface area (Å²) >= 11 is 0. The summed E-state index contributed by atoms with van der Waals surface area (Å²) in [4.78, 5) is 9.29. The van der Waals surface area contributed by atoms with E-state index in [1.165, 1.54) is 32.4 Å². The fourth-order valence-electron chi connectivity index (χ4n) is 3.13. The Morgan fingerprint density at radius 3 is 2.40 bits per heavy atom. The molecular formula is C15H31IN4. The minimum Gasteiger partial charge on any atom is -0.356 e. The SMILES string of the molecule is CN=C(NCC1CCN(C)CC1)N1CCC(C)(C)C1.I. The molecule has 5 heteroatoms. The molecule has 0 atom stereocenters. The van der Waals surface area contributed by atoms with E-state index in [-0.39, 0.29) is 24.0 Å². The molecule has 118 valence electrons. The van der Waals surface area contributed by atoms with Crippen molar-refractivity contribution in [1.29, 1.82) is 0 Å². The van der Waals surface area contributed by atoms with E-state index in [2.05, 4.69) is 41.0 Å². The summed E-state index contributed by atoms with van der Waals surface area (Å²) < 4.78 is 0. The monoisotopic (exact) mass is 394 g/mol. The molecule has 0 aliphatic carbocycles. The maximum atomic E-state index is 4.46. The highest BCUT2D eigenvalue weighted by atomic mass is 127. The molecule has 2 aliphatic heterocycles. The Morgan fingerprint density at radius 2 is 1.90 bits per heavy atom. The number of hydrogen-bond donors (Lipinski definition) is 1. The first-order chi connectivity index (χ1) is 9.00. The van der Waals surface area contributed by atoms with Gasteiger partial charge in [0, 0.05) is 26.7 Å². The van der Waals surface area contributed by atoms with Crippen LogP contribution in [0.1, 0.15) is 33.1 Å². The van der Waals surface area contributed by atoms with Gasteiger partial charge in [0.1, 0.15) is 0 Å². The molecule has 0 unspecified atom stereocenters. The summed E-state index contributed by atoms with van der Waals surface area (Å²) in [6, 6.07) is 0. The quantitative estimate of drug-likeness (QED) is 0.443. The molecule has 0 amide bonds. The average molecular weight is 394 g/mol. The lowest BCUT2D eigenvalue weighted by molar-refractivity contribution is 0.219. The minimum absolute atomic E-state index is 0. The molecular weight excluding hydrogens is 363 g/mol. The number of guanidine groups is 1. The van der Waals surface area contributed by atoms with Crippen molar-refractivity contribution in [3.8, 4) is 0 Å². The maximum Gasteiger partial charge on any atom is 0.193 e. The summed E-state index contributed by atoms with van der Waals surface area (Å²) in [6.45, 7) is 10.5. The number of piperidine rings is 1. The van der Waals surface area contributed by atoms with E-state index < -0.39 is 0 Å². The number of aliphatic imine (C=N–C) groups is 1. The molecule has 20 heavy (non-hydrogen) atoms.